The number of rotatable bonds is 0. The molecule has 0 saturated heterocycles. The van der Waals surface area contributed by atoms with Crippen LogP contribution in [0.25, 0.3) is 0 Å². The molecular weight excluding hydrogens is 136 g/mol. The van der Waals surface area contributed by atoms with Crippen molar-refractivity contribution in [1.29, 1.82) is 0 Å². The summed E-state index contributed by atoms with van der Waals surface area (Å²) in [6.07, 6.45) is 0. The first kappa shape index (κ1) is 12.6. The van der Waals surface area contributed by atoms with Gasteiger partial charge in [0, 0.05) is 0 Å². The van der Waals surface area contributed by atoms with E-state index in [0.29, 0.717) is 0 Å². The molecule has 0 unspecified atom stereocenters. The Labute approximate surface area is 77.9 Å². The van der Waals surface area contributed by atoms with Crippen molar-refractivity contribution in [3.63, 3.8) is 0 Å². The number of hydrogen-bond donors (Lipinski definition) is 0. The Morgan fingerprint density at radius 2 is 1.20 bits per heavy atom. The molecule has 0 amide bonds. The third-order valence-electron chi connectivity index (χ3n) is 1.43. The van der Waals surface area contributed by atoms with Crippen molar-refractivity contribution in [1.82, 2.24) is 0 Å². The minimum Gasteiger partial charge on any atom is -0.412 e. The number of aryl methyl sites for hydroxylation is 2. The van der Waals surface area contributed by atoms with Gasteiger partial charge >= 0.3 is 23.1 Å². The molecule has 0 bridgehead atoms. The summed E-state index contributed by atoms with van der Waals surface area (Å²) in [4.78, 5) is 0. The second-order valence-corrected chi connectivity index (χ2v) is 2.08. The molecule has 0 saturated carbocycles. The van der Waals surface area contributed by atoms with Crippen LogP contribution in [0.3, 0.4) is 0 Å². The van der Waals surface area contributed by atoms with Crippen LogP contribution in [0.15, 0.2) is 24.3 Å². The van der Waals surface area contributed by atoms with Gasteiger partial charge in [-0.1, -0.05) is 24.3 Å². The highest BCUT2D eigenvalue weighted by Crippen LogP contribution is 2.02. The second kappa shape index (κ2) is 5.71. The van der Waals surface area contributed by atoms with E-state index in [1.54, 1.807) is 0 Å². The largest absolute Gasteiger partial charge is 0.412 e. The van der Waals surface area contributed by atoms with Gasteiger partial charge < -0.3 is 5.48 Å². The van der Waals surface area contributed by atoms with Crippen LogP contribution in [0.2, 0.25) is 0 Å². The Balaban J connectivity index is 0. The number of benzene rings is 1. The third-order valence-corrected chi connectivity index (χ3v) is 1.43. The maximum absolute atomic E-state index is 2.12. The predicted molar refractivity (Wildman–Crippen MR) is 48.1 cm³/mol. The minimum absolute atomic E-state index is 0. The zero-order chi connectivity index (χ0) is 5.98. The Hall–Kier alpha value is -0.0538. The summed E-state index contributed by atoms with van der Waals surface area (Å²) >= 11 is 0. The maximum atomic E-state index is 2.12. The van der Waals surface area contributed by atoms with Gasteiger partial charge in [-0.15, -0.1) is 0 Å². The molecule has 0 radical (unpaired) electrons. The Bertz CT molecular complexity index is 165. The van der Waals surface area contributed by atoms with Crippen LogP contribution in [0.5, 0.6) is 0 Å². The maximum Gasteiger partial charge on any atom is 0.316 e. The minimum atomic E-state index is 0. The molecule has 0 heterocycles. The SMILES string of the molecule is Cc1ccccc1C.O.[MgH2]. The van der Waals surface area contributed by atoms with Gasteiger partial charge in [0.15, 0.2) is 0 Å². The standard InChI is InChI=1S/C8H10.Mg.H2O.2H/c1-7-5-3-4-6-8(7)2;;;;/h3-6H,1-2H3;;1H2;;. The van der Waals surface area contributed by atoms with Crippen molar-refractivity contribution in [2.75, 3.05) is 0 Å². The molecule has 0 spiro atoms. The lowest BCUT2D eigenvalue weighted by molar-refractivity contribution is 0.824. The van der Waals surface area contributed by atoms with Gasteiger partial charge in [-0.3, -0.25) is 0 Å². The lowest BCUT2D eigenvalue weighted by atomic mass is 10.1. The molecule has 10 heavy (non-hydrogen) atoms. The van der Waals surface area contributed by atoms with Gasteiger partial charge in [0.25, 0.3) is 0 Å². The average Bonchev–Trinajstić information content (AvgIpc) is 1.77. The monoisotopic (exact) mass is 150 g/mol. The summed E-state index contributed by atoms with van der Waals surface area (Å²) in [5, 5.41) is 0. The van der Waals surface area contributed by atoms with Crippen LogP contribution in [0.4, 0.5) is 0 Å². The highest BCUT2D eigenvalue weighted by atomic mass is 24.3. The van der Waals surface area contributed by atoms with Gasteiger partial charge in [-0.2, -0.15) is 0 Å². The normalized spacial score (nSPS) is 7.40. The summed E-state index contributed by atoms with van der Waals surface area (Å²) in [5.74, 6) is 0. The number of hydrogen-bond acceptors (Lipinski definition) is 0. The first-order chi connectivity index (χ1) is 3.80. The van der Waals surface area contributed by atoms with Crippen molar-refractivity contribution in [3.8, 4) is 0 Å². The zero-order valence-corrected chi connectivity index (χ0v) is 5.81. The summed E-state index contributed by atoms with van der Waals surface area (Å²) in [7, 11) is 0. The van der Waals surface area contributed by atoms with Gasteiger partial charge in [0.1, 0.15) is 0 Å². The van der Waals surface area contributed by atoms with Crippen LogP contribution in [0.1, 0.15) is 11.1 Å². The van der Waals surface area contributed by atoms with Crippen molar-refractivity contribution < 1.29 is 5.48 Å². The van der Waals surface area contributed by atoms with Crippen LogP contribution in [0, 0.1) is 13.8 Å². The molecule has 2 N–H and O–H groups in total. The highest BCUT2D eigenvalue weighted by Gasteiger charge is 1.83. The van der Waals surface area contributed by atoms with E-state index in [2.05, 4.69) is 38.1 Å². The first-order valence-electron chi connectivity index (χ1n) is 2.83. The molecule has 2 heteroatoms. The second-order valence-electron chi connectivity index (χ2n) is 2.08. The van der Waals surface area contributed by atoms with Crippen LogP contribution >= 0.6 is 0 Å². The third kappa shape index (κ3) is 3.20. The van der Waals surface area contributed by atoms with Gasteiger partial charge in [0.2, 0.25) is 0 Å². The summed E-state index contributed by atoms with van der Waals surface area (Å²) < 4.78 is 0. The molecule has 0 aliphatic rings. The van der Waals surface area contributed by atoms with E-state index in [-0.39, 0.29) is 28.5 Å². The summed E-state index contributed by atoms with van der Waals surface area (Å²) in [6.45, 7) is 4.24. The van der Waals surface area contributed by atoms with Gasteiger partial charge in [-0.25, -0.2) is 0 Å². The molecule has 1 nitrogen and oxygen atoms in total. The molecule has 0 aliphatic carbocycles. The first-order valence-corrected chi connectivity index (χ1v) is 2.83. The van der Waals surface area contributed by atoms with Crippen molar-refractivity contribution in [3.05, 3.63) is 35.4 Å². The fourth-order valence-electron chi connectivity index (χ4n) is 0.663. The molecule has 0 fully saturated rings. The molecule has 1 rings (SSSR count). The van der Waals surface area contributed by atoms with E-state index in [1.807, 2.05) is 0 Å². The Kier molecular flexibility index (Phi) is 7.20. The van der Waals surface area contributed by atoms with Crippen LogP contribution in [-0.2, 0) is 0 Å². The molecular formula is C8H14MgO. The van der Waals surface area contributed by atoms with Crippen LogP contribution < -0.4 is 0 Å². The quantitative estimate of drug-likeness (QED) is 0.484. The Morgan fingerprint density at radius 1 is 0.900 bits per heavy atom. The van der Waals surface area contributed by atoms with E-state index >= 15 is 0 Å². The van der Waals surface area contributed by atoms with E-state index < -0.39 is 0 Å². The zero-order valence-electron chi connectivity index (χ0n) is 5.81. The topological polar surface area (TPSA) is 31.5 Å². The molecule has 54 valence electrons. The fourth-order valence-corrected chi connectivity index (χ4v) is 0.663. The fraction of sp³-hybridized carbons (Fsp3) is 0.250. The average molecular weight is 151 g/mol. The smallest absolute Gasteiger partial charge is 0.316 e. The lowest BCUT2D eigenvalue weighted by Crippen LogP contribution is -1.74. The molecule has 1 aromatic carbocycles. The van der Waals surface area contributed by atoms with E-state index in [4.69, 9.17) is 0 Å². The predicted octanol–water partition coefficient (Wildman–Crippen LogP) is 0.563. The van der Waals surface area contributed by atoms with E-state index in [0.717, 1.165) is 0 Å². The summed E-state index contributed by atoms with van der Waals surface area (Å²) in [5.41, 5.74) is 2.74. The van der Waals surface area contributed by atoms with Gasteiger partial charge in [0.05, 0.1) is 0 Å². The summed E-state index contributed by atoms with van der Waals surface area (Å²) in [6, 6.07) is 8.36. The van der Waals surface area contributed by atoms with Crippen molar-refractivity contribution in [2.45, 2.75) is 13.8 Å². The van der Waals surface area contributed by atoms with Crippen molar-refractivity contribution in [2.24, 2.45) is 0 Å². The van der Waals surface area contributed by atoms with Gasteiger partial charge in [-0.05, 0) is 25.0 Å². The lowest BCUT2D eigenvalue weighted by Gasteiger charge is -1.93. The molecule has 1 aromatic rings. The highest BCUT2D eigenvalue weighted by molar-refractivity contribution is 5.75. The van der Waals surface area contributed by atoms with Crippen molar-refractivity contribution >= 4 is 23.1 Å². The Morgan fingerprint density at radius 3 is 1.40 bits per heavy atom. The molecule has 0 aromatic heterocycles. The van der Waals surface area contributed by atoms with E-state index in [9.17, 15) is 0 Å². The molecule has 0 atom stereocenters. The van der Waals surface area contributed by atoms with Crippen LogP contribution in [-0.4, -0.2) is 28.5 Å². The van der Waals surface area contributed by atoms with E-state index in [1.165, 1.54) is 11.1 Å². The molecule has 0 aliphatic heterocycles.